The van der Waals surface area contributed by atoms with Gasteiger partial charge in [0.25, 0.3) is 0 Å². The normalized spacial score (nSPS) is 16.4. The van der Waals surface area contributed by atoms with Crippen LogP contribution in [0.25, 0.3) is 0 Å². The molecule has 0 fully saturated rings. The maximum Gasteiger partial charge on any atom is 0.244 e. The molecule has 1 atom stereocenters. The van der Waals surface area contributed by atoms with Crippen LogP contribution in [0.15, 0.2) is 70.9 Å². The number of methoxy groups -OCH3 is 1. The monoisotopic (exact) mass is 498 g/mol. The number of hydrogen-bond donors (Lipinski definition) is 0. The molecule has 6 nitrogen and oxygen atoms in total. The third kappa shape index (κ3) is 4.76. The Bertz CT molecular complexity index is 1250. The van der Waals surface area contributed by atoms with Crippen molar-refractivity contribution in [2.24, 2.45) is 0 Å². The molecule has 0 saturated heterocycles. The van der Waals surface area contributed by atoms with Gasteiger partial charge in [-0.1, -0.05) is 30.3 Å². The van der Waals surface area contributed by atoms with Crippen molar-refractivity contribution < 1.29 is 17.9 Å². The highest BCUT2D eigenvalue weighted by molar-refractivity contribution is 7.89. The van der Waals surface area contributed by atoms with Crippen molar-refractivity contribution in [2.45, 2.75) is 43.7 Å². The molecule has 1 aromatic heterocycles. The Morgan fingerprint density at radius 1 is 1.09 bits per heavy atom. The highest BCUT2D eigenvalue weighted by Gasteiger charge is 2.39. The molecule has 34 heavy (non-hydrogen) atoms. The number of carbonyl (C=O) groups is 1. The number of fused-ring (bicyclic) bond motifs is 1. The van der Waals surface area contributed by atoms with Gasteiger partial charge in [0, 0.05) is 17.0 Å². The molecule has 2 heterocycles. The minimum atomic E-state index is -3.86. The number of sulfonamides is 1. The van der Waals surface area contributed by atoms with Crippen LogP contribution in [0.5, 0.6) is 5.75 Å². The van der Waals surface area contributed by atoms with Gasteiger partial charge in [-0.3, -0.25) is 4.79 Å². The minimum Gasteiger partial charge on any atom is -0.497 e. The second kappa shape index (κ2) is 9.52. The molecule has 0 saturated carbocycles. The molecule has 0 aliphatic carbocycles. The van der Waals surface area contributed by atoms with Crippen molar-refractivity contribution in [1.29, 1.82) is 0 Å². The summed E-state index contributed by atoms with van der Waals surface area (Å²) in [5, 5.41) is 2.05. The number of carbonyl (C=O) groups excluding carboxylic acids is 1. The first-order valence-electron chi connectivity index (χ1n) is 11.2. The zero-order valence-electron chi connectivity index (χ0n) is 19.9. The molecule has 1 aliphatic rings. The molecule has 0 radical (unpaired) electrons. The molecule has 0 spiro atoms. The molecular formula is C26H30N2O4S2. The molecule has 180 valence electrons. The average Bonchev–Trinajstić information content (AvgIpc) is 3.30. The largest absolute Gasteiger partial charge is 0.497 e. The maximum absolute atomic E-state index is 13.8. The highest BCUT2D eigenvalue weighted by atomic mass is 32.2. The van der Waals surface area contributed by atoms with E-state index in [4.69, 9.17) is 4.74 Å². The van der Waals surface area contributed by atoms with E-state index >= 15 is 0 Å². The molecule has 1 aliphatic heterocycles. The molecule has 1 unspecified atom stereocenters. The SMILES string of the molecule is COc1ccc(C2c3ccsc3CCN2C(=O)CN(C(C)(C)C)S(=O)(=O)c2ccccc2)cc1. The number of hydrogen-bond acceptors (Lipinski definition) is 5. The molecule has 0 N–H and O–H groups in total. The van der Waals surface area contributed by atoms with Gasteiger partial charge in [-0.15, -0.1) is 11.3 Å². The molecule has 8 heteroatoms. The highest BCUT2D eigenvalue weighted by Crippen LogP contribution is 2.38. The van der Waals surface area contributed by atoms with Crippen LogP contribution >= 0.6 is 11.3 Å². The van der Waals surface area contributed by atoms with Crippen LogP contribution in [0.2, 0.25) is 0 Å². The fourth-order valence-corrected chi connectivity index (χ4v) is 7.01. The van der Waals surface area contributed by atoms with E-state index in [1.165, 1.54) is 9.18 Å². The van der Waals surface area contributed by atoms with Gasteiger partial charge in [0.15, 0.2) is 0 Å². The number of rotatable bonds is 6. The summed E-state index contributed by atoms with van der Waals surface area (Å²) in [4.78, 5) is 17.0. The van der Waals surface area contributed by atoms with Crippen LogP contribution in [0.1, 0.15) is 42.8 Å². The summed E-state index contributed by atoms with van der Waals surface area (Å²) in [6, 6.07) is 17.8. The standard InChI is InChI=1S/C26H30N2O4S2/c1-26(2,3)28(34(30,31)21-8-6-5-7-9-21)18-24(29)27-16-14-23-22(15-17-33-23)25(27)19-10-12-20(32-4)13-11-19/h5-13,15,17,25H,14,16,18H2,1-4H3. The first-order valence-corrected chi connectivity index (χ1v) is 13.5. The topological polar surface area (TPSA) is 66.9 Å². The third-order valence-corrected chi connectivity index (χ3v) is 9.20. The average molecular weight is 499 g/mol. The van der Waals surface area contributed by atoms with E-state index in [0.717, 1.165) is 23.3 Å². The smallest absolute Gasteiger partial charge is 0.244 e. The Morgan fingerprint density at radius 3 is 2.38 bits per heavy atom. The number of ether oxygens (including phenoxy) is 1. The van der Waals surface area contributed by atoms with Crippen molar-refractivity contribution in [2.75, 3.05) is 20.2 Å². The predicted molar refractivity (Wildman–Crippen MR) is 135 cm³/mol. The van der Waals surface area contributed by atoms with Gasteiger partial charge in [-0.05, 0) is 74.0 Å². The van der Waals surface area contributed by atoms with Crippen LogP contribution in [-0.4, -0.2) is 49.3 Å². The Morgan fingerprint density at radius 2 is 1.76 bits per heavy atom. The molecule has 3 aromatic rings. The van der Waals surface area contributed by atoms with Gasteiger partial charge in [-0.2, -0.15) is 4.31 Å². The summed E-state index contributed by atoms with van der Waals surface area (Å²) in [6.07, 6.45) is 0.756. The zero-order chi connectivity index (χ0) is 24.5. The van der Waals surface area contributed by atoms with E-state index in [1.54, 1.807) is 48.8 Å². The second-order valence-corrected chi connectivity index (χ2v) is 12.2. The zero-order valence-corrected chi connectivity index (χ0v) is 21.5. The summed E-state index contributed by atoms with van der Waals surface area (Å²) >= 11 is 1.70. The number of benzene rings is 2. The van der Waals surface area contributed by atoms with E-state index in [0.29, 0.717) is 6.54 Å². The van der Waals surface area contributed by atoms with Crippen molar-refractivity contribution >= 4 is 27.3 Å². The molecule has 1 amide bonds. The summed E-state index contributed by atoms with van der Waals surface area (Å²) in [6.45, 7) is 5.75. The lowest BCUT2D eigenvalue weighted by Gasteiger charge is -2.40. The quantitative estimate of drug-likeness (QED) is 0.493. The van der Waals surface area contributed by atoms with Crippen molar-refractivity contribution in [3.8, 4) is 5.75 Å². The van der Waals surface area contributed by atoms with Gasteiger partial charge >= 0.3 is 0 Å². The fourth-order valence-electron chi connectivity index (χ4n) is 4.35. The van der Waals surface area contributed by atoms with Crippen molar-refractivity contribution in [3.63, 3.8) is 0 Å². The Hall–Kier alpha value is -2.68. The second-order valence-electron chi connectivity index (χ2n) is 9.31. The van der Waals surface area contributed by atoms with E-state index < -0.39 is 15.6 Å². The Labute approximate surface area is 205 Å². The molecule has 4 rings (SSSR count). The minimum absolute atomic E-state index is 0.184. The Kier molecular flexibility index (Phi) is 6.85. The van der Waals surface area contributed by atoms with Crippen molar-refractivity contribution in [1.82, 2.24) is 9.21 Å². The summed E-state index contributed by atoms with van der Waals surface area (Å²) < 4.78 is 33.7. The molecule has 0 bridgehead atoms. The lowest BCUT2D eigenvalue weighted by molar-refractivity contribution is -0.134. The van der Waals surface area contributed by atoms with Crippen LogP contribution < -0.4 is 4.74 Å². The first kappa shape index (κ1) is 24.4. The summed E-state index contributed by atoms with van der Waals surface area (Å²) in [5.41, 5.74) is 1.30. The van der Waals surface area contributed by atoms with Crippen LogP contribution in [0.4, 0.5) is 0 Å². The van der Waals surface area contributed by atoms with Gasteiger partial charge in [0.05, 0.1) is 24.6 Å². The van der Waals surface area contributed by atoms with Gasteiger partial charge in [-0.25, -0.2) is 8.42 Å². The summed E-state index contributed by atoms with van der Waals surface area (Å²) in [5.74, 6) is 0.530. The van der Waals surface area contributed by atoms with Gasteiger partial charge in [0.1, 0.15) is 5.75 Å². The lowest BCUT2D eigenvalue weighted by atomic mass is 9.93. The first-order chi connectivity index (χ1) is 16.1. The Balaban J connectivity index is 1.69. The van der Waals surface area contributed by atoms with Crippen LogP contribution in [-0.2, 0) is 21.2 Å². The number of thiophene rings is 1. The van der Waals surface area contributed by atoms with Gasteiger partial charge < -0.3 is 9.64 Å². The number of amides is 1. The number of nitrogens with zero attached hydrogens (tertiary/aromatic N) is 2. The van der Waals surface area contributed by atoms with E-state index in [2.05, 4.69) is 11.4 Å². The molecular weight excluding hydrogens is 468 g/mol. The van der Waals surface area contributed by atoms with Gasteiger partial charge in [0.2, 0.25) is 15.9 Å². The summed E-state index contributed by atoms with van der Waals surface area (Å²) in [7, 11) is -2.24. The fraction of sp³-hybridized carbons (Fsp3) is 0.346. The van der Waals surface area contributed by atoms with Crippen molar-refractivity contribution in [3.05, 3.63) is 82.0 Å². The third-order valence-electron chi connectivity index (χ3n) is 6.08. The lowest BCUT2D eigenvalue weighted by Crippen LogP contribution is -2.52. The van der Waals surface area contributed by atoms with E-state index in [1.807, 2.05) is 49.9 Å². The molecule has 2 aromatic carbocycles. The van der Waals surface area contributed by atoms with Crippen LogP contribution in [0, 0.1) is 0 Å². The van der Waals surface area contributed by atoms with E-state index in [9.17, 15) is 13.2 Å². The predicted octanol–water partition coefficient (Wildman–Crippen LogP) is 4.72. The van der Waals surface area contributed by atoms with Crippen LogP contribution in [0.3, 0.4) is 0 Å². The maximum atomic E-state index is 13.8. The van der Waals surface area contributed by atoms with E-state index in [-0.39, 0.29) is 23.4 Å².